The molecule has 2 heterocycles. The van der Waals surface area contributed by atoms with Crippen LogP contribution in [0.2, 0.25) is 0 Å². The molecule has 0 saturated carbocycles. The van der Waals surface area contributed by atoms with Crippen molar-refractivity contribution in [3.05, 3.63) is 47.9 Å². The SMILES string of the molecule is CC[C@H]1Oc2ccc(C)cc2N(CC(=O)NCc2ccco2)C1=O. The quantitative estimate of drug-likeness (QED) is 0.915. The van der Waals surface area contributed by atoms with E-state index in [4.69, 9.17) is 9.15 Å². The van der Waals surface area contributed by atoms with E-state index in [1.807, 2.05) is 32.0 Å². The number of hydrogen-bond acceptors (Lipinski definition) is 4. The largest absolute Gasteiger partial charge is 0.478 e. The predicted octanol–water partition coefficient (Wildman–Crippen LogP) is 2.41. The van der Waals surface area contributed by atoms with Gasteiger partial charge in [0.05, 0.1) is 18.5 Å². The second-order valence-corrected chi connectivity index (χ2v) is 5.77. The third kappa shape index (κ3) is 3.27. The number of hydrogen-bond donors (Lipinski definition) is 1. The molecule has 1 aliphatic rings. The number of fused-ring (bicyclic) bond motifs is 1. The van der Waals surface area contributed by atoms with Crippen molar-refractivity contribution in [2.75, 3.05) is 11.4 Å². The average molecular weight is 328 g/mol. The van der Waals surface area contributed by atoms with Gasteiger partial charge >= 0.3 is 0 Å². The highest BCUT2D eigenvalue weighted by molar-refractivity contribution is 6.03. The summed E-state index contributed by atoms with van der Waals surface area (Å²) in [5.41, 5.74) is 1.64. The third-order valence-electron chi connectivity index (χ3n) is 3.93. The van der Waals surface area contributed by atoms with E-state index in [0.29, 0.717) is 30.2 Å². The predicted molar refractivity (Wildman–Crippen MR) is 88.8 cm³/mol. The van der Waals surface area contributed by atoms with E-state index in [-0.39, 0.29) is 18.4 Å². The van der Waals surface area contributed by atoms with Crippen LogP contribution in [0.25, 0.3) is 0 Å². The number of nitrogens with one attached hydrogen (secondary N) is 1. The number of carbonyl (C=O) groups excluding carboxylic acids is 2. The van der Waals surface area contributed by atoms with Crippen LogP contribution in [0.5, 0.6) is 5.75 Å². The van der Waals surface area contributed by atoms with Gasteiger partial charge in [-0.1, -0.05) is 13.0 Å². The fraction of sp³-hybridized carbons (Fsp3) is 0.333. The zero-order valence-electron chi connectivity index (χ0n) is 13.7. The van der Waals surface area contributed by atoms with Gasteiger partial charge in [-0.05, 0) is 43.2 Å². The highest BCUT2D eigenvalue weighted by Crippen LogP contribution is 2.35. The Kier molecular flexibility index (Phi) is 4.55. The molecule has 1 aromatic carbocycles. The minimum Gasteiger partial charge on any atom is -0.478 e. The van der Waals surface area contributed by atoms with Crippen LogP contribution in [0.4, 0.5) is 5.69 Å². The fourth-order valence-electron chi connectivity index (χ4n) is 2.65. The van der Waals surface area contributed by atoms with Crippen LogP contribution >= 0.6 is 0 Å². The summed E-state index contributed by atoms with van der Waals surface area (Å²) < 4.78 is 10.9. The lowest BCUT2D eigenvalue weighted by Gasteiger charge is -2.33. The van der Waals surface area contributed by atoms with Gasteiger partial charge in [-0.15, -0.1) is 0 Å². The first-order valence-electron chi connectivity index (χ1n) is 7.96. The molecule has 6 heteroatoms. The smallest absolute Gasteiger partial charge is 0.268 e. The standard InChI is InChI=1S/C18H20N2O4/c1-3-15-18(22)20(14-9-12(2)6-7-16(14)24-15)11-17(21)19-10-13-5-4-8-23-13/h4-9,15H,3,10-11H2,1-2H3,(H,19,21)/t15-/m1/s1. The Morgan fingerprint density at radius 1 is 1.33 bits per heavy atom. The molecular weight excluding hydrogens is 308 g/mol. The zero-order valence-corrected chi connectivity index (χ0v) is 13.7. The first-order chi connectivity index (χ1) is 11.6. The molecule has 0 aliphatic carbocycles. The number of aryl methyl sites for hydroxylation is 1. The second kappa shape index (κ2) is 6.78. The summed E-state index contributed by atoms with van der Waals surface area (Å²) in [6, 6.07) is 9.17. The molecule has 0 unspecified atom stereocenters. The van der Waals surface area contributed by atoms with E-state index in [1.54, 1.807) is 18.4 Å². The number of benzene rings is 1. The average Bonchev–Trinajstić information content (AvgIpc) is 3.09. The minimum atomic E-state index is -0.557. The number of nitrogens with zero attached hydrogens (tertiary/aromatic N) is 1. The molecule has 2 amide bonds. The maximum atomic E-state index is 12.6. The summed E-state index contributed by atoms with van der Waals surface area (Å²) >= 11 is 0. The van der Waals surface area contributed by atoms with Crippen molar-refractivity contribution < 1.29 is 18.7 Å². The van der Waals surface area contributed by atoms with Gasteiger partial charge in [-0.3, -0.25) is 14.5 Å². The molecule has 1 aliphatic heterocycles. The number of amides is 2. The molecule has 1 aromatic heterocycles. The van der Waals surface area contributed by atoms with Gasteiger partial charge in [0, 0.05) is 0 Å². The Balaban J connectivity index is 1.76. The summed E-state index contributed by atoms with van der Waals surface area (Å²) in [5, 5.41) is 2.76. The Morgan fingerprint density at radius 2 is 2.17 bits per heavy atom. The number of ether oxygens (including phenoxy) is 1. The lowest BCUT2D eigenvalue weighted by atomic mass is 10.1. The minimum absolute atomic E-state index is 0.0458. The van der Waals surface area contributed by atoms with Gasteiger partial charge in [0.2, 0.25) is 5.91 Å². The van der Waals surface area contributed by atoms with E-state index < -0.39 is 6.10 Å². The van der Waals surface area contributed by atoms with E-state index in [9.17, 15) is 9.59 Å². The summed E-state index contributed by atoms with van der Waals surface area (Å²) in [5.74, 6) is 0.859. The molecule has 3 rings (SSSR count). The van der Waals surface area contributed by atoms with Crippen LogP contribution in [0.1, 0.15) is 24.7 Å². The van der Waals surface area contributed by atoms with Crippen molar-refractivity contribution in [1.29, 1.82) is 0 Å². The highest BCUT2D eigenvalue weighted by Gasteiger charge is 2.34. The van der Waals surface area contributed by atoms with Crippen LogP contribution in [-0.2, 0) is 16.1 Å². The molecule has 1 N–H and O–H groups in total. The number of anilines is 1. The van der Waals surface area contributed by atoms with Crippen LogP contribution in [0, 0.1) is 6.92 Å². The number of rotatable bonds is 5. The molecule has 0 bridgehead atoms. The highest BCUT2D eigenvalue weighted by atomic mass is 16.5. The van der Waals surface area contributed by atoms with Gasteiger partial charge in [-0.2, -0.15) is 0 Å². The van der Waals surface area contributed by atoms with E-state index in [2.05, 4.69) is 5.32 Å². The number of carbonyl (C=O) groups is 2. The Labute approximate surface area is 140 Å². The van der Waals surface area contributed by atoms with Crippen LogP contribution in [0.15, 0.2) is 41.0 Å². The molecule has 2 aromatic rings. The van der Waals surface area contributed by atoms with Crippen molar-refractivity contribution in [2.24, 2.45) is 0 Å². The van der Waals surface area contributed by atoms with Gasteiger partial charge in [-0.25, -0.2) is 0 Å². The summed E-state index contributed by atoms with van der Waals surface area (Å²) in [6.45, 7) is 4.07. The zero-order chi connectivity index (χ0) is 17.1. The Morgan fingerprint density at radius 3 is 2.88 bits per heavy atom. The van der Waals surface area contributed by atoms with Crippen LogP contribution in [-0.4, -0.2) is 24.5 Å². The topological polar surface area (TPSA) is 71.8 Å². The van der Waals surface area contributed by atoms with Gasteiger partial charge in [0.1, 0.15) is 18.1 Å². The monoisotopic (exact) mass is 328 g/mol. The van der Waals surface area contributed by atoms with Crippen molar-refractivity contribution in [1.82, 2.24) is 5.32 Å². The molecule has 0 radical (unpaired) electrons. The molecular formula is C18H20N2O4. The number of furan rings is 1. The molecule has 0 spiro atoms. The lowest BCUT2D eigenvalue weighted by molar-refractivity contribution is -0.129. The van der Waals surface area contributed by atoms with Crippen molar-refractivity contribution in [2.45, 2.75) is 32.9 Å². The van der Waals surface area contributed by atoms with E-state index >= 15 is 0 Å². The van der Waals surface area contributed by atoms with Crippen LogP contribution < -0.4 is 15.0 Å². The summed E-state index contributed by atoms with van der Waals surface area (Å²) in [4.78, 5) is 26.4. The van der Waals surface area contributed by atoms with Crippen LogP contribution in [0.3, 0.4) is 0 Å². The third-order valence-corrected chi connectivity index (χ3v) is 3.93. The molecule has 0 fully saturated rings. The molecule has 24 heavy (non-hydrogen) atoms. The van der Waals surface area contributed by atoms with Gasteiger partial charge < -0.3 is 14.5 Å². The van der Waals surface area contributed by atoms with E-state index in [1.165, 1.54) is 4.90 Å². The normalized spacial score (nSPS) is 16.5. The second-order valence-electron chi connectivity index (χ2n) is 5.77. The maximum Gasteiger partial charge on any atom is 0.268 e. The molecule has 1 atom stereocenters. The summed E-state index contributed by atoms with van der Waals surface area (Å²) in [7, 11) is 0. The molecule has 6 nitrogen and oxygen atoms in total. The first kappa shape index (κ1) is 16.1. The van der Waals surface area contributed by atoms with Gasteiger partial charge in [0.15, 0.2) is 6.10 Å². The Bertz CT molecular complexity index is 739. The lowest BCUT2D eigenvalue weighted by Crippen LogP contribution is -2.49. The van der Waals surface area contributed by atoms with Crippen molar-refractivity contribution in [3.8, 4) is 5.75 Å². The van der Waals surface area contributed by atoms with Gasteiger partial charge in [0.25, 0.3) is 5.91 Å². The van der Waals surface area contributed by atoms with Crippen molar-refractivity contribution >= 4 is 17.5 Å². The first-order valence-corrected chi connectivity index (χ1v) is 7.96. The molecule has 126 valence electrons. The Hall–Kier alpha value is -2.76. The fourth-order valence-corrected chi connectivity index (χ4v) is 2.65. The maximum absolute atomic E-state index is 12.6. The molecule has 0 saturated heterocycles. The van der Waals surface area contributed by atoms with Crippen molar-refractivity contribution in [3.63, 3.8) is 0 Å². The van der Waals surface area contributed by atoms with E-state index in [0.717, 1.165) is 5.56 Å². The summed E-state index contributed by atoms with van der Waals surface area (Å²) in [6.07, 6.45) is 1.55.